The number of aromatic carboxylic acids is 1. The Kier molecular flexibility index (Phi) is 4.82. The summed E-state index contributed by atoms with van der Waals surface area (Å²) in [6.07, 6.45) is 0. The number of carboxylic acids is 1. The van der Waals surface area contributed by atoms with Crippen LogP contribution in [0.2, 0.25) is 10.0 Å². The van der Waals surface area contributed by atoms with Gasteiger partial charge in [-0.05, 0) is 25.1 Å². The van der Waals surface area contributed by atoms with Gasteiger partial charge in [0.15, 0.2) is 5.69 Å². The largest absolute Gasteiger partial charge is 0.476 e. The van der Waals surface area contributed by atoms with Crippen LogP contribution in [0, 0.1) is 0 Å². The van der Waals surface area contributed by atoms with Crippen molar-refractivity contribution in [3.05, 3.63) is 49.9 Å². The van der Waals surface area contributed by atoms with Crippen LogP contribution >= 0.6 is 34.5 Å². The Morgan fingerprint density at radius 3 is 2.43 bits per heavy atom. The number of benzene rings is 1. The van der Waals surface area contributed by atoms with Gasteiger partial charge in [-0.2, -0.15) is 0 Å². The number of carbonyl (C=O) groups is 2. The van der Waals surface area contributed by atoms with E-state index in [1.807, 2.05) is 0 Å². The second-order valence-electron chi connectivity index (χ2n) is 4.23. The molecule has 0 fully saturated rings. The average Bonchev–Trinajstić information content (AvgIpc) is 2.87. The van der Waals surface area contributed by atoms with Crippen LogP contribution in [0.5, 0.6) is 0 Å². The van der Waals surface area contributed by atoms with Crippen molar-refractivity contribution < 1.29 is 14.7 Å². The molecule has 2 rings (SSSR count). The van der Waals surface area contributed by atoms with E-state index >= 15 is 0 Å². The van der Waals surface area contributed by atoms with Crippen LogP contribution in [0.4, 0.5) is 0 Å². The molecule has 0 spiro atoms. The first-order valence-corrected chi connectivity index (χ1v) is 7.46. The first-order chi connectivity index (χ1) is 9.86. The second-order valence-corrected chi connectivity index (χ2v) is 5.99. The topological polar surface area (TPSA) is 79.3 Å². The van der Waals surface area contributed by atoms with Gasteiger partial charge in [-0.25, -0.2) is 9.78 Å². The molecule has 1 heterocycles. The predicted octanol–water partition coefficient (Wildman–Crippen LogP) is 3.64. The van der Waals surface area contributed by atoms with Gasteiger partial charge >= 0.3 is 5.97 Å². The fraction of sp³-hybridized carbons (Fsp3) is 0.154. The second kappa shape index (κ2) is 6.43. The number of hydrogen-bond acceptors (Lipinski definition) is 4. The fourth-order valence-electron chi connectivity index (χ4n) is 1.61. The van der Waals surface area contributed by atoms with Gasteiger partial charge in [-0.15, -0.1) is 11.3 Å². The summed E-state index contributed by atoms with van der Waals surface area (Å²) in [4.78, 5) is 26.8. The summed E-state index contributed by atoms with van der Waals surface area (Å²) in [6.45, 7) is 1.72. The minimum absolute atomic E-state index is 0.0399. The van der Waals surface area contributed by atoms with Crippen molar-refractivity contribution >= 4 is 46.4 Å². The van der Waals surface area contributed by atoms with E-state index in [2.05, 4.69) is 10.3 Å². The summed E-state index contributed by atoms with van der Waals surface area (Å²) in [6, 6.07) is 4.11. The van der Waals surface area contributed by atoms with Crippen molar-refractivity contribution in [3.8, 4) is 0 Å². The number of amides is 1. The van der Waals surface area contributed by atoms with E-state index in [1.165, 1.54) is 34.9 Å². The van der Waals surface area contributed by atoms with Crippen LogP contribution < -0.4 is 5.32 Å². The lowest BCUT2D eigenvalue weighted by Gasteiger charge is -2.11. The summed E-state index contributed by atoms with van der Waals surface area (Å²) >= 11 is 12.9. The standard InChI is InChI=1S/C13H10Cl2N2O3S/c1-6(12-17-10(5-21-12)13(19)20)16-11(18)7-2-8(14)4-9(15)3-7/h2-6H,1H3,(H,16,18)(H,19,20). The summed E-state index contributed by atoms with van der Waals surface area (Å²) in [5.74, 6) is -1.46. The van der Waals surface area contributed by atoms with Gasteiger partial charge in [0.05, 0.1) is 6.04 Å². The third-order valence-electron chi connectivity index (χ3n) is 2.58. The third-order valence-corrected chi connectivity index (χ3v) is 4.05. The number of thiazole rings is 1. The van der Waals surface area contributed by atoms with Gasteiger partial charge < -0.3 is 10.4 Å². The molecule has 110 valence electrons. The highest BCUT2D eigenvalue weighted by molar-refractivity contribution is 7.09. The Morgan fingerprint density at radius 2 is 1.90 bits per heavy atom. The van der Waals surface area contributed by atoms with Gasteiger partial charge in [0.2, 0.25) is 0 Å². The maximum Gasteiger partial charge on any atom is 0.355 e. The van der Waals surface area contributed by atoms with Gasteiger partial charge in [0.1, 0.15) is 5.01 Å². The van der Waals surface area contributed by atoms with Crippen molar-refractivity contribution in [1.29, 1.82) is 0 Å². The van der Waals surface area contributed by atoms with Gasteiger partial charge in [0.25, 0.3) is 5.91 Å². The molecule has 1 amide bonds. The quantitative estimate of drug-likeness (QED) is 0.887. The number of aromatic nitrogens is 1. The molecule has 0 bridgehead atoms. The first kappa shape index (κ1) is 15.8. The minimum Gasteiger partial charge on any atom is -0.476 e. The lowest BCUT2D eigenvalue weighted by atomic mass is 10.2. The van der Waals surface area contributed by atoms with E-state index < -0.39 is 12.0 Å². The zero-order valence-corrected chi connectivity index (χ0v) is 13.1. The maximum absolute atomic E-state index is 12.1. The van der Waals surface area contributed by atoms with Crippen molar-refractivity contribution in [3.63, 3.8) is 0 Å². The third kappa shape index (κ3) is 3.93. The number of carbonyl (C=O) groups excluding carboxylic acids is 1. The number of hydrogen-bond donors (Lipinski definition) is 2. The molecule has 0 aliphatic rings. The Hall–Kier alpha value is -1.63. The van der Waals surface area contributed by atoms with Crippen LogP contribution in [0.3, 0.4) is 0 Å². The molecule has 1 unspecified atom stereocenters. The Labute approximate surface area is 134 Å². The zero-order valence-electron chi connectivity index (χ0n) is 10.8. The maximum atomic E-state index is 12.1. The van der Waals surface area contributed by atoms with Crippen LogP contribution in [0.25, 0.3) is 0 Å². The molecule has 0 aliphatic heterocycles. The molecule has 2 N–H and O–H groups in total. The van der Waals surface area contributed by atoms with Gasteiger partial charge in [-0.1, -0.05) is 23.2 Å². The Balaban J connectivity index is 2.12. The van der Waals surface area contributed by atoms with Crippen LogP contribution in [0.1, 0.15) is 38.8 Å². The summed E-state index contributed by atoms with van der Waals surface area (Å²) in [5, 5.41) is 14.2. The molecular weight excluding hydrogens is 335 g/mol. The minimum atomic E-state index is -1.10. The molecule has 0 saturated carbocycles. The lowest BCUT2D eigenvalue weighted by molar-refractivity contribution is 0.0691. The molecule has 1 aromatic heterocycles. The van der Waals surface area contributed by atoms with Gasteiger partial charge in [-0.3, -0.25) is 4.79 Å². The van der Waals surface area contributed by atoms with E-state index in [0.717, 1.165) is 0 Å². The smallest absolute Gasteiger partial charge is 0.355 e. The predicted molar refractivity (Wildman–Crippen MR) is 81.4 cm³/mol. The summed E-state index contributed by atoms with van der Waals surface area (Å²) in [7, 11) is 0. The lowest BCUT2D eigenvalue weighted by Crippen LogP contribution is -2.26. The van der Waals surface area contributed by atoms with Gasteiger partial charge in [0, 0.05) is 21.0 Å². The van der Waals surface area contributed by atoms with E-state index in [9.17, 15) is 9.59 Å². The van der Waals surface area contributed by atoms with Crippen LogP contribution in [-0.2, 0) is 0 Å². The highest BCUT2D eigenvalue weighted by Crippen LogP contribution is 2.21. The number of halogens is 2. The number of rotatable bonds is 4. The molecule has 1 atom stereocenters. The zero-order chi connectivity index (χ0) is 15.6. The fourth-order valence-corrected chi connectivity index (χ4v) is 2.94. The molecule has 21 heavy (non-hydrogen) atoms. The van der Waals surface area contributed by atoms with Crippen molar-refractivity contribution in [2.45, 2.75) is 13.0 Å². The number of nitrogens with zero attached hydrogens (tertiary/aromatic N) is 1. The highest BCUT2D eigenvalue weighted by atomic mass is 35.5. The number of nitrogens with one attached hydrogen (secondary N) is 1. The monoisotopic (exact) mass is 344 g/mol. The molecular formula is C13H10Cl2N2O3S. The van der Waals surface area contributed by atoms with Crippen LogP contribution in [-0.4, -0.2) is 22.0 Å². The molecule has 0 aliphatic carbocycles. The van der Waals surface area contributed by atoms with E-state index in [-0.39, 0.29) is 11.6 Å². The van der Waals surface area contributed by atoms with E-state index in [4.69, 9.17) is 28.3 Å². The molecule has 2 aromatic rings. The molecule has 8 heteroatoms. The molecule has 1 aromatic carbocycles. The highest BCUT2D eigenvalue weighted by Gasteiger charge is 2.17. The molecule has 0 radical (unpaired) electrons. The molecule has 0 saturated heterocycles. The van der Waals surface area contributed by atoms with Crippen molar-refractivity contribution in [2.24, 2.45) is 0 Å². The van der Waals surface area contributed by atoms with E-state index in [0.29, 0.717) is 20.6 Å². The molecule has 5 nitrogen and oxygen atoms in total. The normalized spacial score (nSPS) is 12.0. The van der Waals surface area contributed by atoms with Crippen LogP contribution in [0.15, 0.2) is 23.6 Å². The summed E-state index contributed by atoms with van der Waals surface area (Å²) < 4.78 is 0. The van der Waals surface area contributed by atoms with E-state index in [1.54, 1.807) is 6.92 Å². The van der Waals surface area contributed by atoms with Crippen molar-refractivity contribution in [2.75, 3.05) is 0 Å². The first-order valence-electron chi connectivity index (χ1n) is 5.82. The Bertz CT molecular complexity index is 682. The average molecular weight is 345 g/mol. The Morgan fingerprint density at radius 1 is 1.29 bits per heavy atom. The number of carboxylic acid groups (broad SMARTS) is 1. The van der Waals surface area contributed by atoms with Crippen molar-refractivity contribution in [1.82, 2.24) is 10.3 Å². The summed E-state index contributed by atoms with van der Waals surface area (Å²) in [5.41, 5.74) is 0.288. The SMILES string of the molecule is CC(NC(=O)c1cc(Cl)cc(Cl)c1)c1nc(C(=O)O)cs1.